The molecule has 0 unspecified atom stereocenters. The van der Waals surface area contributed by atoms with Gasteiger partial charge in [0, 0.05) is 30.1 Å². The van der Waals surface area contributed by atoms with Gasteiger partial charge in [-0.2, -0.15) is 0 Å². The van der Waals surface area contributed by atoms with Gasteiger partial charge < -0.3 is 14.6 Å². The summed E-state index contributed by atoms with van der Waals surface area (Å²) >= 11 is 0. The van der Waals surface area contributed by atoms with Gasteiger partial charge in [-0.1, -0.05) is 24.3 Å². The van der Waals surface area contributed by atoms with Crippen molar-refractivity contribution in [2.24, 2.45) is 0 Å². The van der Waals surface area contributed by atoms with E-state index in [1.54, 1.807) is 94.6 Å². The van der Waals surface area contributed by atoms with E-state index in [9.17, 15) is 18.7 Å². The van der Waals surface area contributed by atoms with E-state index in [1.807, 2.05) is 0 Å². The number of ketones is 1. The highest BCUT2D eigenvalue weighted by molar-refractivity contribution is 5.94. The number of hydrogen-bond donors (Lipinski definition) is 1. The first kappa shape index (κ1) is 31.1. The zero-order valence-corrected chi connectivity index (χ0v) is 25.3. The van der Waals surface area contributed by atoms with Crippen LogP contribution in [-0.4, -0.2) is 30.8 Å². The Labute approximate surface area is 258 Å². The number of carbonyl (C=O) groups is 1. The van der Waals surface area contributed by atoms with Gasteiger partial charge in [0.05, 0.1) is 11.4 Å². The molecule has 0 fully saturated rings. The summed E-state index contributed by atoms with van der Waals surface area (Å²) in [4.78, 5) is 28.3. The molecule has 228 valence electrons. The van der Waals surface area contributed by atoms with Gasteiger partial charge in [-0.15, -0.1) is 0 Å². The van der Waals surface area contributed by atoms with Crippen LogP contribution in [0.4, 0.5) is 8.78 Å². The summed E-state index contributed by atoms with van der Waals surface area (Å²) < 4.78 is 39.2. The fourth-order valence-electron chi connectivity index (χ4n) is 4.58. The summed E-state index contributed by atoms with van der Waals surface area (Å²) in [6.07, 6.45) is 3.13. The smallest absolute Gasteiger partial charge is 0.181 e. The Kier molecular flexibility index (Phi) is 8.78. The number of ether oxygens (including phenoxy) is 2. The van der Waals surface area contributed by atoms with Gasteiger partial charge in [0.25, 0.3) is 0 Å². The fraction of sp³-hybridized carbons (Fsp3) is 0.171. The van der Waals surface area contributed by atoms with Crippen molar-refractivity contribution >= 4 is 27.6 Å². The molecule has 6 rings (SSSR count). The number of halogens is 2. The van der Waals surface area contributed by atoms with Crippen molar-refractivity contribution in [2.75, 3.05) is 0 Å². The second kappa shape index (κ2) is 12.7. The Morgan fingerprint density at radius 1 is 0.711 bits per heavy atom. The van der Waals surface area contributed by atoms with Crippen LogP contribution in [0.25, 0.3) is 21.8 Å². The molecule has 6 aromatic rings. The van der Waals surface area contributed by atoms with Crippen LogP contribution < -0.4 is 9.47 Å². The average Bonchev–Trinajstić information content (AvgIpc) is 2.99. The molecule has 8 nitrogen and oxygen atoms in total. The lowest BCUT2D eigenvalue weighted by atomic mass is 10.0. The lowest BCUT2D eigenvalue weighted by Crippen LogP contribution is -2.18. The molecule has 0 aliphatic heterocycles. The van der Waals surface area contributed by atoms with Crippen molar-refractivity contribution in [3.8, 4) is 23.0 Å². The van der Waals surface area contributed by atoms with Crippen LogP contribution in [0.2, 0.25) is 0 Å². The number of benzene rings is 2. The third kappa shape index (κ3) is 6.91. The highest BCUT2D eigenvalue weighted by atomic mass is 19.1. The molecule has 0 saturated carbocycles. The fourth-order valence-corrected chi connectivity index (χ4v) is 4.58. The number of aryl methyl sites for hydroxylation is 2. The number of nitrogens with zero attached hydrogens (tertiary/aromatic N) is 4. The van der Waals surface area contributed by atoms with Crippen LogP contribution in [0.1, 0.15) is 48.3 Å². The topological polar surface area (TPSA) is 107 Å². The van der Waals surface area contributed by atoms with Crippen LogP contribution in [0.3, 0.4) is 0 Å². The van der Waals surface area contributed by atoms with Crippen molar-refractivity contribution in [1.29, 1.82) is 0 Å². The lowest BCUT2D eigenvalue weighted by molar-refractivity contribution is 0.0713. The van der Waals surface area contributed by atoms with E-state index in [4.69, 9.17) is 9.47 Å². The number of pyridine rings is 4. The van der Waals surface area contributed by atoms with E-state index in [1.165, 1.54) is 25.3 Å². The molecule has 0 amide bonds. The number of aromatic nitrogens is 4. The van der Waals surface area contributed by atoms with Gasteiger partial charge in [0.15, 0.2) is 17.3 Å². The molecule has 1 N–H and O–H groups in total. The second-order valence-electron chi connectivity index (χ2n) is 10.8. The van der Waals surface area contributed by atoms with E-state index in [0.717, 1.165) is 0 Å². The van der Waals surface area contributed by atoms with E-state index >= 15 is 0 Å². The van der Waals surface area contributed by atoms with E-state index in [2.05, 4.69) is 19.9 Å². The first-order valence-corrected chi connectivity index (χ1v) is 14.0. The number of rotatable bonds is 6. The van der Waals surface area contributed by atoms with Crippen LogP contribution in [-0.2, 0) is 5.60 Å². The summed E-state index contributed by atoms with van der Waals surface area (Å²) in [5, 5.41) is 11.5. The number of hydrogen-bond acceptors (Lipinski definition) is 8. The summed E-state index contributed by atoms with van der Waals surface area (Å²) in [6, 6.07) is 19.8. The minimum absolute atomic E-state index is 0.187. The maximum Gasteiger partial charge on any atom is 0.181 e. The minimum Gasteiger partial charge on any atom is -0.453 e. The third-order valence-electron chi connectivity index (χ3n) is 6.78. The van der Waals surface area contributed by atoms with Crippen molar-refractivity contribution in [3.05, 3.63) is 120 Å². The maximum atomic E-state index is 13.8. The Balaban J connectivity index is 0.000000178. The van der Waals surface area contributed by atoms with Crippen LogP contribution >= 0.6 is 0 Å². The zero-order chi connectivity index (χ0) is 32.3. The predicted molar refractivity (Wildman–Crippen MR) is 167 cm³/mol. The standard InChI is InChI=1S/C18H17FN2O2.C17H13FN2O2/c1-11-15(10-12-6-4-7-13(19)16(12)21-11)23-14-8-5-9-20-17(14)18(2,3)22;1-10-15(9-12-5-3-6-13(18)17(12)20-10)22-14-7-4-8-19-16(14)11(2)21/h4-10,22H,1-3H3;3-9H,1-2H3. The van der Waals surface area contributed by atoms with E-state index in [0.29, 0.717) is 61.9 Å². The second-order valence-corrected chi connectivity index (χ2v) is 10.8. The SMILES string of the molecule is CC(=O)c1ncccc1Oc1cc2cccc(F)c2nc1C.Cc1nc2c(F)cccc2cc1Oc1cccnc1C(C)(C)O. The third-order valence-corrected chi connectivity index (χ3v) is 6.78. The highest BCUT2D eigenvalue weighted by Crippen LogP contribution is 2.34. The Hall–Kier alpha value is -5.35. The Morgan fingerprint density at radius 2 is 1.20 bits per heavy atom. The maximum absolute atomic E-state index is 13.8. The van der Waals surface area contributed by atoms with Crippen LogP contribution in [0.5, 0.6) is 23.0 Å². The molecular weight excluding hydrogens is 578 g/mol. The van der Waals surface area contributed by atoms with Gasteiger partial charge in [0.2, 0.25) is 0 Å². The van der Waals surface area contributed by atoms with Gasteiger partial charge >= 0.3 is 0 Å². The van der Waals surface area contributed by atoms with Gasteiger partial charge in [-0.3, -0.25) is 9.78 Å². The summed E-state index contributed by atoms with van der Waals surface area (Å²) in [5.41, 5.74) is 1.25. The van der Waals surface area contributed by atoms with Crippen molar-refractivity contribution < 1.29 is 28.2 Å². The number of fused-ring (bicyclic) bond motifs is 2. The Morgan fingerprint density at radius 3 is 1.71 bits per heavy atom. The molecule has 0 radical (unpaired) electrons. The molecule has 4 heterocycles. The first-order valence-electron chi connectivity index (χ1n) is 14.0. The van der Waals surface area contributed by atoms with Crippen LogP contribution in [0, 0.1) is 25.5 Å². The largest absolute Gasteiger partial charge is 0.453 e. The number of Topliss-reactive ketones (excluding diaryl/α,β-unsaturated/α-hetero) is 1. The first-order chi connectivity index (χ1) is 21.4. The van der Waals surface area contributed by atoms with Gasteiger partial charge in [-0.05, 0) is 76.2 Å². The van der Waals surface area contributed by atoms with Crippen molar-refractivity contribution in [3.63, 3.8) is 0 Å². The van der Waals surface area contributed by atoms with Crippen molar-refractivity contribution in [2.45, 2.75) is 40.2 Å². The molecule has 0 atom stereocenters. The number of aliphatic hydroxyl groups is 1. The number of carbonyl (C=O) groups excluding carboxylic acids is 1. The molecule has 2 aromatic carbocycles. The Bertz CT molecular complexity index is 2040. The van der Waals surface area contributed by atoms with Gasteiger partial charge in [-0.25, -0.2) is 23.7 Å². The summed E-state index contributed by atoms with van der Waals surface area (Å²) in [7, 11) is 0. The highest BCUT2D eigenvalue weighted by Gasteiger charge is 2.23. The number of para-hydroxylation sites is 2. The lowest BCUT2D eigenvalue weighted by Gasteiger charge is -2.20. The van der Waals surface area contributed by atoms with E-state index in [-0.39, 0.29) is 23.1 Å². The molecule has 45 heavy (non-hydrogen) atoms. The summed E-state index contributed by atoms with van der Waals surface area (Å²) in [6.45, 7) is 8.19. The predicted octanol–water partition coefficient (Wildman–Crippen LogP) is 8.17. The summed E-state index contributed by atoms with van der Waals surface area (Å²) in [5.74, 6) is 0.841. The zero-order valence-electron chi connectivity index (χ0n) is 25.3. The minimum atomic E-state index is -1.14. The molecule has 10 heteroatoms. The molecule has 0 aliphatic rings. The quantitative estimate of drug-likeness (QED) is 0.189. The van der Waals surface area contributed by atoms with Gasteiger partial charge in [0.1, 0.15) is 51.2 Å². The average molecular weight is 609 g/mol. The molecule has 0 bridgehead atoms. The monoisotopic (exact) mass is 608 g/mol. The van der Waals surface area contributed by atoms with E-state index < -0.39 is 5.60 Å². The molecular formula is C35H30F2N4O4. The molecule has 0 saturated heterocycles. The normalized spacial score (nSPS) is 11.2. The van der Waals surface area contributed by atoms with Crippen molar-refractivity contribution in [1.82, 2.24) is 19.9 Å². The molecule has 4 aromatic heterocycles. The van der Waals surface area contributed by atoms with Crippen LogP contribution in [0.15, 0.2) is 85.2 Å². The molecule has 0 aliphatic carbocycles. The molecule has 0 spiro atoms.